The number of nitrogens with zero attached hydrogens (tertiary/aromatic N) is 4. The van der Waals surface area contributed by atoms with Gasteiger partial charge in [0.25, 0.3) is 5.91 Å². The highest BCUT2D eigenvalue weighted by molar-refractivity contribution is 5.92. The molecule has 3 rings (SSSR count). The zero-order chi connectivity index (χ0) is 21.8. The summed E-state index contributed by atoms with van der Waals surface area (Å²) in [4.78, 5) is 29.7. The van der Waals surface area contributed by atoms with Gasteiger partial charge in [-0.2, -0.15) is 5.10 Å². The number of hydrogen-bond donors (Lipinski definition) is 0. The van der Waals surface area contributed by atoms with Gasteiger partial charge in [-0.05, 0) is 43.5 Å². The van der Waals surface area contributed by atoms with Crippen LogP contribution in [0.25, 0.3) is 16.9 Å². The molecule has 0 N–H and O–H groups in total. The van der Waals surface area contributed by atoms with Crippen molar-refractivity contribution < 1.29 is 18.7 Å². The van der Waals surface area contributed by atoms with Gasteiger partial charge in [-0.15, -0.1) is 0 Å². The number of aromatic nitrogens is 3. The van der Waals surface area contributed by atoms with E-state index in [1.54, 1.807) is 49.8 Å². The van der Waals surface area contributed by atoms with Crippen molar-refractivity contribution in [2.75, 3.05) is 20.7 Å². The van der Waals surface area contributed by atoms with Crippen LogP contribution < -0.4 is 0 Å². The summed E-state index contributed by atoms with van der Waals surface area (Å²) in [5, 5.41) is 4.50. The summed E-state index contributed by atoms with van der Waals surface area (Å²) in [5.41, 5.74) is 3.09. The fraction of sp³-hybridized carbons (Fsp3) is 0.364. The maximum Gasteiger partial charge on any atom is 0.306 e. The Morgan fingerprint density at radius 2 is 1.93 bits per heavy atom. The van der Waals surface area contributed by atoms with Gasteiger partial charge in [-0.1, -0.05) is 13.0 Å². The molecule has 0 saturated heterocycles. The molecule has 0 radical (unpaired) electrons. The summed E-state index contributed by atoms with van der Waals surface area (Å²) in [6.45, 7) is 4.04. The molecule has 0 aliphatic carbocycles. The molecule has 0 bridgehead atoms. The predicted octanol–water partition coefficient (Wildman–Crippen LogP) is 3.30. The predicted molar refractivity (Wildman–Crippen MR) is 111 cm³/mol. The molecule has 2 heterocycles. The minimum atomic E-state index is -0.428. The fourth-order valence-electron chi connectivity index (χ4n) is 3.16. The van der Waals surface area contributed by atoms with E-state index in [2.05, 4.69) is 10.1 Å². The zero-order valence-electron chi connectivity index (χ0n) is 17.6. The van der Waals surface area contributed by atoms with Crippen molar-refractivity contribution >= 4 is 17.5 Å². The molecule has 7 nitrogen and oxygen atoms in total. The number of halogens is 1. The molecule has 1 aromatic carbocycles. The van der Waals surface area contributed by atoms with E-state index in [4.69, 9.17) is 4.74 Å². The van der Waals surface area contributed by atoms with Crippen molar-refractivity contribution in [2.24, 2.45) is 0 Å². The standard InChI is InChI=1S/C22H25FN4O3/c1-5-15-12-19(22(29)26(3)4)24-20-13-18(25-27(15)20)16-9-7-14(11-17(16)23)8-10-21(28)30-6-2/h7,9,11-13H,5-6,8,10H2,1-4H3. The Kier molecular flexibility index (Phi) is 6.44. The van der Waals surface area contributed by atoms with Crippen LogP contribution in [-0.4, -0.2) is 52.1 Å². The summed E-state index contributed by atoms with van der Waals surface area (Å²) < 4.78 is 21.3. The quantitative estimate of drug-likeness (QED) is 0.557. The van der Waals surface area contributed by atoms with Crippen molar-refractivity contribution in [1.29, 1.82) is 0 Å². The topological polar surface area (TPSA) is 76.8 Å². The molecule has 0 saturated carbocycles. The molecule has 1 amide bonds. The van der Waals surface area contributed by atoms with Gasteiger partial charge in [0.2, 0.25) is 0 Å². The lowest BCUT2D eigenvalue weighted by molar-refractivity contribution is -0.143. The number of carbonyl (C=O) groups excluding carboxylic acids is 2. The normalized spacial score (nSPS) is 11.0. The third-order valence-corrected chi connectivity index (χ3v) is 4.72. The number of fused-ring (bicyclic) bond motifs is 1. The van der Waals surface area contributed by atoms with E-state index >= 15 is 0 Å². The molecular weight excluding hydrogens is 387 g/mol. The molecule has 0 unspecified atom stereocenters. The lowest BCUT2D eigenvalue weighted by atomic mass is 10.0. The van der Waals surface area contributed by atoms with E-state index in [9.17, 15) is 14.0 Å². The maximum atomic E-state index is 14.8. The summed E-state index contributed by atoms with van der Waals surface area (Å²) in [6.07, 6.45) is 1.25. The molecule has 0 aliphatic heterocycles. The van der Waals surface area contributed by atoms with Crippen LogP contribution in [0.1, 0.15) is 42.0 Å². The summed E-state index contributed by atoms with van der Waals surface area (Å²) in [5.74, 6) is -0.932. The number of hydrogen-bond acceptors (Lipinski definition) is 5. The Morgan fingerprint density at radius 1 is 1.17 bits per heavy atom. The third kappa shape index (κ3) is 4.48. The van der Waals surface area contributed by atoms with Crippen LogP contribution in [0.4, 0.5) is 4.39 Å². The van der Waals surface area contributed by atoms with E-state index in [-0.39, 0.29) is 18.3 Å². The Hall–Kier alpha value is -3.29. The van der Waals surface area contributed by atoms with E-state index in [1.165, 1.54) is 11.0 Å². The van der Waals surface area contributed by atoms with Crippen LogP contribution in [0.5, 0.6) is 0 Å². The van der Waals surface area contributed by atoms with Crippen LogP contribution >= 0.6 is 0 Å². The van der Waals surface area contributed by atoms with Crippen LogP contribution in [0.2, 0.25) is 0 Å². The first kappa shape index (κ1) is 21.4. The van der Waals surface area contributed by atoms with Crippen molar-refractivity contribution in [3.8, 4) is 11.3 Å². The molecule has 2 aromatic heterocycles. The monoisotopic (exact) mass is 412 g/mol. The highest BCUT2D eigenvalue weighted by Crippen LogP contribution is 2.25. The Morgan fingerprint density at radius 3 is 2.57 bits per heavy atom. The highest BCUT2D eigenvalue weighted by Gasteiger charge is 2.17. The lowest BCUT2D eigenvalue weighted by Crippen LogP contribution is -2.23. The molecular formula is C22H25FN4O3. The molecule has 3 aromatic rings. The fourth-order valence-corrected chi connectivity index (χ4v) is 3.16. The van der Waals surface area contributed by atoms with E-state index in [0.717, 1.165) is 5.69 Å². The Bertz CT molecular complexity index is 1090. The number of esters is 1. The van der Waals surface area contributed by atoms with E-state index in [0.29, 0.717) is 47.6 Å². The minimum Gasteiger partial charge on any atom is -0.466 e. The van der Waals surface area contributed by atoms with E-state index in [1.807, 2.05) is 6.92 Å². The first-order valence-electron chi connectivity index (χ1n) is 9.89. The average molecular weight is 412 g/mol. The van der Waals surface area contributed by atoms with Crippen molar-refractivity contribution in [2.45, 2.75) is 33.1 Å². The largest absolute Gasteiger partial charge is 0.466 e. The van der Waals surface area contributed by atoms with Crippen LogP contribution in [0.15, 0.2) is 30.3 Å². The van der Waals surface area contributed by atoms with Crippen molar-refractivity contribution in [3.63, 3.8) is 0 Å². The van der Waals surface area contributed by atoms with Crippen molar-refractivity contribution in [1.82, 2.24) is 19.5 Å². The second kappa shape index (κ2) is 9.02. The van der Waals surface area contributed by atoms with Gasteiger partial charge < -0.3 is 9.64 Å². The molecule has 0 fully saturated rings. The number of carbonyl (C=O) groups is 2. The number of amides is 1. The molecule has 30 heavy (non-hydrogen) atoms. The molecule has 8 heteroatoms. The number of rotatable bonds is 7. The first-order chi connectivity index (χ1) is 14.3. The summed E-state index contributed by atoms with van der Waals surface area (Å²) >= 11 is 0. The van der Waals surface area contributed by atoms with Gasteiger partial charge in [0.15, 0.2) is 5.65 Å². The Balaban J connectivity index is 1.93. The van der Waals surface area contributed by atoms with Crippen LogP contribution in [0, 0.1) is 5.82 Å². The average Bonchev–Trinajstić information content (AvgIpc) is 3.14. The van der Waals surface area contributed by atoms with Gasteiger partial charge in [-0.3, -0.25) is 9.59 Å². The second-order valence-electron chi connectivity index (χ2n) is 7.10. The molecule has 0 atom stereocenters. The smallest absolute Gasteiger partial charge is 0.306 e. The van der Waals surface area contributed by atoms with E-state index < -0.39 is 5.82 Å². The maximum absolute atomic E-state index is 14.8. The first-order valence-corrected chi connectivity index (χ1v) is 9.89. The highest BCUT2D eigenvalue weighted by atomic mass is 19.1. The van der Waals surface area contributed by atoms with Crippen molar-refractivity contribution in [3.05, 3.63) is 53.1 Å². The van der Waals surface area contributed by atoms with Gasteiger partial charge in [0.1, 0.15) is 11.5 Å². The number of aryl methyl sites for hydroxylation is 2. The summed E-state index contributed by atoms with van der Waals surface area (Å²) in [6, 6.07) is 8.21. The van der Waals surface area contributed by atoms with Gasteiger partial charge in [0.05, 0.1) is 12.3 Å². The van der Waals surface area contributed by atoms with Crippen LogP contribution in [0.3, 0.4) is 0 Å². The minimum absolute atomic E-state index is 0.202. The zero-order valence-corrected chi connectivity index (χ0v) is 17.6. The van der Waals surface area contributed by atoms with Gasteiger partial charge >= 0.3 is 5.97 Å². The van der Waals surface area contributed by atoms with Crippen LogP contribution in [-0.2, 0) is 22.4 Å². The van der Waals surface area contributed by atoms with Gasteiger partial charge in [-0.25, -0.2) is 13.9 Å². The number of ether oxygens (including phenoxy) is 1. The Labute approximate surface area is 174 Å². The summed E-state index contributed by atoms with van der Waals surface area (Å²) in [7, 11) is 3.33. The SMILES string of the molecule is CCOC(=O)CCc1ccc(-c2cc3nc(C(=O)N(C)C)cc(CC)n3n2)c(F)c1. The van der Waals surface area contributed by atoms with Gasteiger partial charge in [0, 0.05) is 37.8 Å². The molecule has 0 aliphatic rings. The molecule has 158 valence electrons. The number of benzene rings is 1. The lowest BCUT2D eigenvalue weighted by Gasteiger charge is -2.11. The third-order valence-electron chi connectivity index (χ3n) is 4.72. The molecule has 0 spiro atoms. The second-order valence-corrected chi connectivity index (χ2v) is 7.10.